The maximum absolute atomic E-state index is 11.9. The van der Waals surface area contributed by atoms with E-state index >= 15 is 0 Å². The highest BCUT2D eigenvalue weighted by Crippen LogP contribution is 2.22. The number of hydrogen-bond acceptors (Lipinski definition) is 3. The van der Waals surface area contributed by atoms with Crippen LogP contribution in [0.2, 0.25) is 0 Å². The summed E-state index contributed by atoms with van der Waals surface area (Å²) >= 11 is 0. The number of carbonyl (C=O) groups is 1. The van der Waals surface area contributed by atoms with Gasteiger partial charge in [0.15, 0.2) is 0 Å². The van der Waals surface area contributed by atoms with Gasteiger partial charge < -0.3 is 21.1 Å². The first-order valence-electron chi connectivity index (χ1n) is 8.07. The summed E-state index contributed by atoms with van der Waals surface area (Å²) in [5.74, 6) is 0.925. The largest absolute Gasteiger partial charge is 0.493 e. The van der Waals surface area contributed by atoms with Crippen LogP contribution in [0.1, 0.15) is 23.1 Å². The number of nitrogens with one attached hydrogen (secondary N) is 2. The van der Waals surface area contributed by atoms with E-state index in [-0.39, 0.29) is 6.03 Å². The molecule has 0 saturated heterocycles. The molecule has 0 radical (unpaired) electrons. The van der Waals surface area contributed by atoms with Gasteiger partial charge in [0.2, 0.25) is 0 Å². The number of ether oxygens (including phenoxy) is 1. The summed E-state index contributed by atoms with van der Waals surface area (Å²) in [6, 6.07) is 11.3. The second-order valence-corrected chi connectivity index (χ2v) is 5.89. The SMILES string of the molecule is Cc1ccc(NC(=O)NCCCOc2c(C)cccc2C)c(N)c1. The van der Waals surface area contributed by atoms with Crippen LogP contribution >= 0.6 is 0 Å². The van der Waals surface area contributed by atoms with Crippen LogP contribution in [0.4, 0.5) is 16.2 Å². The van der Waals surface area contributed by atoms with Crippen molar-refractivity contribution in [3.63, 3.8) is 0 Å². The number of aryl methyl sites for hydroxylation is 3. The minimum absolute atomic E-state index is 0.266. The van der Waals surface area contributed by atoms with E-state index in [0.29, 0.717) is 24.5 Å². The smallest absolute Gasteiger partial charge is 0.319 e. The van der Waals surface area contributed by atoms with Gasteiger partial charge in [0.25, 0.3) is 0 Å². The van der Waals surface area contributed by atoms with Gasteiger partial charge in [0.1, 0.15) is 5.75 Å². The van der Waals surface area contributed by atoms with Crippen LogP contribution < -0.4 is 21.1 Å². The fourth-order valence-corrected chi connectivity index (χ4v) is 2.44. The summed E-state index contributed by atoms with van der Waals surface area (Å²) in [5, 5.41) is 5.55. The average molecular weight is 327 g/mol. The minimum atomic E-state index is -0.266. The van der Waals surface area contributed by atoms with Crippen molar-refractivity contribution in [1.29, 1.82) is 0 Å². The van der Waals surface area contributed by atoms with Crippen LogP contribution in [-0.4, -0.2) is 19.2 Å². The number of rotatable bonds is 6. The number of hydrogen-bond donors (Lipinski definition) is 3. The van der Waals surface area contributed by atoms with Gasteiger partial charge in [-0.1, -0.05) is 24.3 Å². The second kappa shape index (κ2) is 8.24. The maximum Gasteiger partial charge on any atom is 0.319 e. The zero-order valence-electron chi connectivity index (χ0n) is 14.5. The third-order valence-corrected chi connectivity index (χ3v) is 3.72. The van der Waals surface area contributed by atoms with Crippen LogP contribution in [0.15, 0.2) is 36.4 Å². The molecule has 0 heterocycles. The summed E-state index contributed by atoms with van der Waals surface area (Å²) in [4.78, 5) is 11.9. The predicted molar refractivity (Wildman–Crippen MR) is 98.6 cm³/mol. The first-order chi connectivity index (χ1) is 11.5. The van der Waals surface area contributed by atoms with E-state index in [1.54, 1.807) is 6.07 Å². The highest BCUT2D eigenvalue weighted by Gasteiger charge is 2.05. The van der Waals surface area contributed by atoms with Crippen molar-refractivity contribution in [2.75, 3.05) is 24.2 Å². The molecular formula is C19H25N3O2. The molecule has 0 aliphatic rings. The number of nitrogens with two attached hydrogens (primary N) is 1. The molecule has 0 fully saturated rings. The molecule has 128 valence electrons. The summed E-state index contributed by atoms with van der Waals surface area (Å²) in [7, 11) is 0. The molecule has 5 nitrogen and oxygen atoms in total. The van der Waals surface area contributed by atoms with Crippen molar-refractivity contribution in [2.45, 2.75) is 27.2 Å². The molecule has 5 heteroatoms. The zero-order valence-corrected chi connectivity index (χ0v) is 14.5. The van der Waals surface area contributed by atoms with Crippen molar-refractivity contribution < 1.29 is 9.53 Å². The summed E-state index contributed by atoms with van der Waals surface area (Å²) in [5.41, 5.74) is 10.3. The van der Waals surface area contributed by atoms with E-state index in [1.165, 1.54) is 0 Å². The monoisotopic (exact) mass is 327 g/mol. The predicted octanol–water partition coefficient (Wildman–Crippen LogP) is 3.78. The van der Waals surface area contributed by atoms with Gasteiger partial charge in [-0.15, -0.1) is 0 Å². The lowest BCUT2D eigenvalue weighted by Crippen LogP contribution is -2.30. The molecule has 24 heavy (non-hydrogen) atoms. The van der Waals surface area contributed by atoms with E-state index in [0.717, 1.165) is 28.9 Å². The van der Waals surface area contributed by atoms with Crippen LogP contribution in [-0.2, 0) is 0 Å². The number of carbonyl (C=O) groups excluding carboxylic acids is 1. The summed E-state index contributed by atoms with van der Waals surface area (Å²) < 4.78 is 5.81. The highest BCUT2D eigenvalue weighted by molar-refractivity contribution is 5.92. The van der Waals surface area contributed by atoms with Crippen LogP contribution in [0.5, 0.6) is 5.75 Å². The molecule has 2 amide bonds. The topological polar surface area (TPSA) is 76.4 Å². The van der Waals surface area contributed by atoms with E-state index in [1.807, 2.05) is 51.1 Å². The Bertz CT molecular complexity index is 694. The van der Waals surface area contributed by atoms with Gasteiger partial charge in [-0.3, -0.25) is 0 Å². The van der Waals surface area contributed by atoms with E-state index < -0.39 is 0 Å². The van der Waals surface area contributed by atoms with Gasteiger partial charge >= 0.3 is 6.03 Å². The number of anilines is 2. The quantitative estimate of drug-likeness (QED) is 0.558. The van der Waals surface area contributed by atoms with Gasteiger partial charge in [-0.2, -0.15) is 0 Å². The fourth-order valence-electron chi connectivity index (χ4n) is 2.44. The van der Waals surface area contributed by atoms with E-state index in [9.17, 15) is 4.79 Å². The molecule has 2 rings (SSSR count). The molecule has 0 bridgehead atoms. The Morgan fingerprint density at radius 1 is 1.12 bits per heavy atom. The Kier molecular flexibility index (Phi) is 6.07. The summed E-state index contributed by atoms with van der Waals surface area (Å²) in [6.07, 6.45) is 0.727. The fraction of sp³-hybridized carbons (Fsp3) is 0.316. The number of amides is 2. The second-order valence-electron chi connectivity index (χ2n) is 5.89. The number of para-hydroxylation sites is 1. The third kappa shape index (κ3) is 4.91. The molecule has 4 N–H and O–H groups in total. The van der Waals surface area contributed by atoms with Gasteiger partial charge in [-0.05, 0) is 56.0 Å². The van der Waals surface area contributed by atoms with Crippen molar-refractivity contribution in [1.82, 2.24) is 5.32 Å². The molecule has 0 spiro atoms. The molecule has 0 unspecified atom stereocenters. The van der Waals surface area contributed by atoms with Crippen LogP contribution in [0, 0.1) is 20.8 Å². The van der Waals surface area contributed by atoms with Crippen molar-refractivity contribution >= 4 is 17.4 Å². The molecule has 0 aliphatic heterocycles. The molecule has 2 aromatic carbocycles. The zero-order chi connectivity index (χ0) is 17.5. The Labute approximate surface area is 143 Å². The minimum Gasteiger partial charge on any atom is -0.493 e. The first-order valence-corrected chi connectivity index (χ1v) is 8.07. The number of benzene rings is 2. The molecule has 0 aliphatic carbocycles. The number of nitrogen functional groups attached to an aromatic ring is 1. The molecule has 2 aromatic rings. The Balaban J connectivity index is 1.71. The highest BCUT2D eigenvalue weighted by atomic mass is 16.5. The maximum atomic E-state index is 11.9. The van der Waals surface area contributed by atoms with E-state index in [2.05, 4.69) is 10.6 Å². The standard InChI is InChI=1S/C19H25N3O2/c1-13-8-9-17(16(20)12-13)22-19(23)21-10-5-11-24-18-14(2)6-4-7-15(18)3/h4,6-9,12H,5,10-11,20H2,1-3H3,(H2,21,22,23). The lowest BCUT2D eigenvalue weighted by Gasteiger charge is -2.13. The Morgan fingerprint density at radius 3 is 2.50 bits per heavy atom. The first kappa shape index (κ1) is 17.7. The third-order valence-electron chi connectivity index (χ3n) is 3.72. The molecule has 0 saturated carbocycles. The van der Waals surface area contributed by atoms with Crippen molar-refractivity contribution in [3.8, 4) is 5.75 Å². The van der Waals surface area contributed by atoms with Gasteiger partial charge in [0, 0.05) is 6.54 Å². The average Bonchev–Trinajstić information content (AvgIpc) is 2.52. The molecular weight excluding hydrogens is 302 g/mol. The van der Waals surface area contributed by atoms with Crippen LogP contribution in [0.25, 0.3) is 0 Å². The Morgan fingerprint density at radius 2 is 1.83 bits per heavy atom. The lowest BCUT2D eigenvalue weighted by molar-refractivity contribution is 0.250. The Hall–Kier alpha value is -2.69. The van der Waals surface area contributed by atoms with Crippen LogP contribution in [0.3, 0.4) is 0 Å². The normalized spacial score (nSPS) is 10.3. The molecule has 0 aromatic heterocycles. The van der Waals surface area contributed by atoms with Gasteiger partial charge in [0.05, 0.1) is 18.0 Å². The summed E-state index contributed by atoms with van der Waals surface area (Å²) in [6.45, 7) is 7.09. The van der Waals surface area contributed by atoms with Crippen molar-refractivity contribution in [3.05, 3.63) is 53.1 Å². The number of urea groups is 1. The lowest BCUT2D eigenvalue weighted by atomic mass is 10.1. The van der Waals surface area contributed by atoms with Gasteiger partial charge in [-0.25, -0.2) is 4.79 Å². The van der Waals surface area contributed by atoms with E-state index in [4.69, 9.17) is 10.5 Å². The van der Waals surface area contributed by atoms with Crippen molar-refractivity contribution in [2.24, 2.45) is 0 Å². The molecule has 0 atom stereocenters.